The van der Waals surface area contributed by atoms with Crippen LogP contribution < -0.4 is 9.57 Å². The van der Waals surface area contributed by atoms with Crippen molar-refractivity contribution in [3.05, 3.63) is 46.6 Å². The molecule has 8 nitrogen and oxygen atoms in total. The maximum Gasteiger partial charge on any atom is 0.485 e. The topological polar surface area (TPSA) is 113 Å². The van der Waals surface area contributed by atoms with E-state index in [0.29, 0.717) is 10.9 Å². The van der Waals surface area contributed by atoms with Gasteiger partial charge >= 0.3 is 5.51 Å². The van der Waals surface area contributed by atoms with E-state index in [1.807, 2.05) is 0 Å². The van der Waals surface area contributed by atoms with Gasteiger partial charge in [0.05, 0.1) is 4.92 Å². The number of hydrogen-bond acceptors (Lipinski definition) is 6. The molecule has 23 heavy (non-hydrogen) atoms. The highest BCUT2D eigenvalue weighted by Gasteiger charge is 2.36. The van der Waals surface area contributed by atoms with E-state index >= 15 is 0 Å². The molecule has 0 unspecified atom stereocenters. The second kappa shape index (κ2) is 6.75. The summed E-state index contributed by atoms with van der Waals surface area (Å²) < 4.78 is 60.4. The van der Waals surface area contributed by atoms with Crippen LogP contribution in [0.4, 0.5) is 18.9 Å². The van der Waals surface area contributed by atoms with Crippen LogP contribution in [-0.2, 0) is 10.1 Å². The number of aromatic nitrogens is 1. The lowest BCUT2D eigenvalue weighted by molar-refractivity contribution is -0.865. The summed E-state index contributed by atoms with van der Waals surface area (Å²) in [6, 6.07) is 8.28. The van der Waals surface area contributed by atoms with Crippen LogP contribution in [0.25, 0.3) is 10.9 Å². The molecule has 2 aromatic rings. The Hall–Kier alpha value is -2.47. The number of hydrogen-bond donors (Lipinski definition) is 0. The average Bonchev–Trinajstić information content (AvgIpc) is 2.44. The highest BCUT2D eigenvalue weighted by atomic mass is 32.2. The van der Waals surface area contributed by atoms with Crippen LogP contribution in [0.2, 0.25) is 0 Å². The molecule has 12 heteroatoms. The minimum atomic E-state index is -6.09. The predicted molar refractivity (Wildman–Crippen MR) is 69.1 cm³/mol. The van der Waals surface area contributed by atoms with Crippen LogP contribution in [0.15, 0.2) is 36.5 Å². The first kappa shape index (κ1) is 18.6. The Morgan fingerprint density at radius 1 is 1.22 bits per heavy atom. The largest absolute Gasteiger partial charge is 0.741 e. The maximum absolute atomic E-state index is 10.8. The van der Waals surface area contributed by atoms with E-state index in [0.717, 1.165) is 0 Å². The fraction of sp³-hybridized carbons (Fsp3) is 0.182. The molecule has 0 aliphatic rings. The molecule has 126 valence electrons. The van der Waals surface area contributed by atoms with Crippen molar-refractivity contribution in [1.29, 1.82) is 0 Å². The summed E-state index contributed by atoms with van der Waals surface area (Å²) in [5.41, 5.74) is -4.89. The van der Waals surface area contributed by atoms with Gasteiger partial charge in [-0.25, -0.2) is 8.42 Å². The molecule has 0 saturated heterocycles. The third-order valence-corrected chi connectivity index (χ3v) is 3.03. The number of halogens is 3. The predicted octanol–water partition coefficient (Wildman–Crippen LogP) is 1.15. The lowest BCUT2D eigenvalue weighted by Crippen LogP contribution is -2.40. The molecular weight excluding hydrogens is 345 g/mol. The number of fused-ring (bicyclic) bond motifs is 1. The first-order chi connectivity index (χ1) is 10.5. The molecule has 2 rings (SSSR count). The SMILES string of the molecule is CO[n+]1cccc2c([N+](=O)[O-])cccc21.O=S(=O)([O-])C(F)(F)F. The van der Waals surface area contributed by atoms with E-state index in [9.17, 15) is 23.3 Å². The molecule has 0 saturated carbocycles. The quantitative estimate of drug-likeness (QED) is 0.263. The molecule has 0 N–H and O–H groups in total. The average molecular weight is 354 g/mol. The molecule has 0 aliphatic heterocycles. The van der Waals surface area contributed by atoms with Gasteiger partial charge < -0.3 is 4.55 Å². The van der Waals surface area contributed by atoms with Crippen LogP contribution in [0.3, 0.4) is 0 Å². The van der Waals surface area contributed by atoms with Gasteiger partial charge in [-0.1, -0.05) is 0 Å². The van der Waals surface area contributed by atoms with Gasteiger partial charge in [0.1, 0.15) is 12.5 Å². The van der Waals surface area contributed by atoms with Gasteiger partial charge in [0.25, 0.3) is 11.2 Å². The van der Waals surface area contributed by atoms with E-state index in [4.69, 9.17) is 17.8 Å². The number of nitro groups is 1. The van der Waals surface area contributed by atoms with Crippen molar-refractivity contribution in [3.63, 3.8) is 0 Å². The normalized spacial score (nSPS) is 11.5. The maximum atomic E-state index is 10.8. The number of pyridine rings is 1. The fourth-order valence-electron chi connectivity index (χ4n) is 1.52. The molecule has 0 atom stereocenters. The van der Waals surface area contributed by atoms with E-state index in [1.54, 1.807) is 30.5 Å². The van der Waals surface area contributed by atoms with Gasteiger partial charge in [-0.3, -0.25) is 15.0 Å². The van der Waals surface area contributed by atoms with Gasteiger partial charge in [0.15, 0.2) is 10.1 Å². The van der Waals surface area contributed by atoms with E-state index in [1.165, 1.54) is 17.9 Å². The van der Waals surface area contributed by atoms with Crippen LogP contribution in [0.1, 0.15) is 0 Å². The second-order valence-electron chi connectivity index (χ2n) is 3.88. The van der Waals surface area contributed by atoms with Gasteiger partial charge in [0.2, 0.25) is 6.20 Å². The van der Waals surface area contributed by atoms with Crippen molar-refractivity contribution in [1.82, 2.24) is 0 Å². The summed E-state index contributed by atoms with van der Waals surface area (Å²) in [5.74, 6) is 0. The first-order valence-corrected chi connectivity index (χ1v) is 7.04. The number of rotatable bonds is 2. The Kier molecular flexibility index (Phi) is 5.45. The fourth-order valence-corrected chi connectivity index (χ4v) is 1.52. The van der Waals surface area contributed by atoms with E-state index in [-0.39, 0.29) is 5.69 Å². The summed E-state index contributed by atoms with van der Waals surface area (Å²) >= 11 is 0. The lowest BCUT2D eigenvalue weighted by atomic mass is 10.2. The molecule has 0 radical (unpaired) electrons. The molecule has 1 heterocycles. The van der Waals surface area contributed by atoms with Gasteiger partial charge in [-0.15, -0.1) is 0 Å². The van der Waals surface area contributed by atoms with Crippen molar-refractivity contribution in [2.24, 2.45) is 0 Å². The number of nitro benzene ring substituents is 1. The molecule has 1 aromatic heterocycles. The van der Waals surface area contributed by atoms with E-state index < -0.39 is 20.5 Å². The number of alkyl halides is 3. The Labute approximate surface area is 127 Å². The Morgan fingerprint density at radius 3 is 2.22 bits per heavy atom. The third kappa shape index (κ3) is 4.50. The van der Waals surface area contributed by atoms with Crippen LogP contribution >= 0.6 is 0 Å². The minimum absolute atomic E-state index is 0.0823. The zero-order valence-electron chi connectivity index (χ0n) is 11.4. The first-order valence-electron chi connectivity index (χ1n) is 5.63. The second-order valence-corrected chi connectivity index (χ2v) is 5.25. The molecule has 0 aliphatic carbocycles. The van der Waals surface area contributed by atoms with Crippen molar-refractivity contribution in [3.8, 4) is 0 Å². The molecule has 0 bridgehead atoms. The smallest absolute Gasteiger partial charge is 0.485 e. The summed E-state index contributed by atoms with van der Waals surface area (Å²) in [6.45, 7) is 0. The van der Waals surface area contributed by atoms with E-state index in [2.05, 4.69) is 0 Å². The summed E-state index contributed by atoms with van der Waals surface area (Å²) in [5, 5.41) is 11.3. The standard InChI is InChI=1S/C10H9N2O3.CHF3O3S/c1-15-11-7-3-4-8-9(11)5-2-6-10(8)12(13)14;2-1(3,4)8(5,6)7/h2-7H,1H3;(H,5,6,7)/q+1;/p-1. The molecule has 1 aromatic carbocycles. The zero-order chi connectivity index (χ0) is 17.8. The third-order valence-electron chi connectivity index (χ3n) is 2.46. The van der Waals surface area contributed by atoms with Gasteiger partial charge in [-0.05, 0) is 12.1 Å². The highest BCUT2D eigenvalue weighted by Crippen LogP contribution is 2.22. The molecule has 0 spiro atoms. The Balaban J connectivity index is 0.000000284. The van der Waals surface area contributed by atoms with Crippen molar-refractivity contribution in [2.75, 3.05) is 7.11 Å². The number of benzene rings is 1. The Morgan fingerprint density at radius 2 is 1.78 bits per heavy atom. The highest BCUT2D eigenvalue weighted by molar-refractivity contribution is 7.86. The van der Waals surface area contributed by atoms with Crippen LogP contribution in [0, 0.1) is 10.1 Å². The van der Waals surface area contributed by atoms with Gasteiger partial charge in [0, 0.05) is 22.9 Å². The molecular formula is C11H9F3N2O6S. The molecule has 0 amide bonds. The monoisotopic (exact) mass is 354 g/mol. The van der Waals surface area contributed by atoms with Crippen molar-refractivity contribution in [2.45, 2.75) is 5.51 Å². The summed E-state index contributed by atoms with van der Waals surface area (Å²) in [7, 11) is -4.58. The van der Waals surface area contributed by atoms with Crippen molar-refractivity contribution < 1.29 is 40.6 Å². The van der Waals surface area contributed by atoms with Crippen molar-refractivity contribution >= 4 is 26.7 Å². The number of nitrogens with zero attached hydrogens (tertiary/aromatic N) is 2. The zero-order valence-corrected chi connectivity index (χ0v) is 12.2. The number of non-ortho nitro benzene ring substituents is 1. The van der Waals surface area contributed by atoms with Gasteiger partial charge in [-0.2, -0.15) is 13.2 Å². The lowest BCUT2D eigenvalue weighted by Gasteiger charge is -2.08. The Bertz CT molecular complexity index is 822. The summed E-state index contributed by atoms with van der Waals surface area (Å²) in [6.07, 6.45) is 1.70. The molecule has 0 fully saturated rings. The minimum Gasteiger partial charge on any atom is -0.741 e. The van der Waals surface area contributed by atoms with Crippen LogP contribution in [0.5, 0.6) is 0 Å². The summed E-state index contributed by atoms with van der Waals surface area (Å²) in [4.78, 5) is 15.4. The van der Waals surface area contributed by atoms with Crippen LogP contribution in [-0.4, -0.2) is 30.5 Å².